The van der Waals surface area contributed by atoms with Crippen molar-refractivity contribution in [2.45, 2.75) is 19.4 Å². The first-order chi connectivity index (χ1) is 7.81. The van der Waals surface area contributed by atoms with Crippen molar-refractivity contribution in [3.8, 4) is 0 Å². The first-order valence-corrected chi connectivity index (χ1v) is 5.58. The van der Waals surface area contributed by atoms with E-state index in [1.165, 1.54) is 0 Å². The molecule has 0 aromatic carbocycles. The van der Waals surface area contributed by atoms with Gasteiger partial charge in [0.15, 0.2) is 5.78 Å². The van der Waals surface area contributed by atoms with Crippen LogP contribution >= 0.6 is 0 Å². The zero-order chi connectivity index (χ0) is 11.4. The molecular formula is C12H16N2O2. The van der Waals surface area contributed by atoms with Gasteiger partial charge in [-0.25, -0.2) is 0 Å². The molecule has 1 saturated heterocycles. The number of nitrogens with zero attached hydrogens (tertiary/aromatic N) is 1. The lowest BCUT2D eigenvalue weighted by molar-refractivity contribution is 0.0545. The Morgan fingerprint density at radius 1 is 1.50 bits per heavy atom. The molecule has 0 unspecified atom stereocenters. The fourth-order valence-corrected chi connectivity index (χ4v) is 1.94. The topological polar surface area (TPSA) is 65.2 Å². The van der Waals surface area contributed by atoms with Gasteiger partial charge in [-0.2, -0.15) is 0 Å². The largest absolute Gasteiger partial charge is 0.381 e. The second-order valence-corrected chi connectivity index (χ2v) is 3.99. The molecule has 0 spiro atoms. The number of carbonyl (C=O) groups is 1. The Morgan fingerprint density at radius 3 is 2.94 bits per heavy atom. The minimum atomic E-state index is 0.0989. The normalized spacial score (nSPS) is 17.3. The molecule has 4 heteroatoms. The average Bonchev–Trinajstić information content (AvgIpc) is 2.39. The van der Waals surface area contributed by atoms with Crippen LogP contribution in [0.4, 0.5) is 0 Å². The van der Waals surface area contributed by atoms with Gasteiger partial charge in [0, 0.05) is 37.4 Å². The maximum absolute atomic E-state index is 12.1. The lowest BCUT2D eigenvalue weighted by atomic mass is 9.91. The van der Waals surface area contributed by atoms with Gasteiger partial charge in [-0.05, 0) is 25.0 Å². The maximum Gasteiger partial charge on any atom is 0.166 e. The predicted octanol–water partition coefficient (Wildman–Crippen LogP) is 1.15. The van der Waals surface area contributed by atoms with Gasteiger partial charge in [0.05, 0.1) is 5.69 Å². The summed E-state index contributed by atoms with van der Waals surface area (Å²) in [7, 11) is 0. The molecule has 2 N–H and O–H groups in total. The van der Waals surface area contributed by atoms with Crippen LogP contribution in [-0.4, -0.2) is 24.0 Å². The first kappa shape index (κ1) is 11.2. The molecule has 0 radical (unpaired) electrons. The second kappa shape index (κ2) is 5.18. The summed E-state index contributed by atoms with van der Waals surface area (Å²) in [6.45, 7) is 1.74. The molecule has 2 heterocycles. The lowest BCUT2D eigenvalue weighted by Crippen LogP contribution is -2.23. The molecule has 0 amide bonds. The summed E-state index contributed by atoms with van der Waals surface area (Å²) in [5, 5.41) is 0. The third kappa shape index (κ3) is 2.46. The van der Waals surface area contributed by atoms with E-state index in [9.17, 15) is 4.79 Å². The smallest absolute Gasteiger partial charge is 0.166 e. The Hall–Kier alpha value is -1.26. The molecule has 16 heavy (non-hydrogen) atoms. The number of hydrogen-bond acceptors (Lipinski definition) is 4. The van der Waals surface area contributed by atoms with Crippen molar-refractivity contribution in [2.24, 2.45) is 11.7 Å². The van der Waals surface area contributed by atoms with E-state index < -0.39 is 0 Å². The molecule has 0 aliphatic carbocycles. The fraction of sp³-hybridized carbons (Fsp3) is 0.500. The number of ketones is 1. The monoisotopic (exact) mass is 220 g/mol. The zero-order valence-electron chi connectivity index (χ0n) is 9.19. The summed E-state index contributed by atoms with van der Waals surface area (Å²) in [6.07, 6.45) is 3.28. The van der Waals surface area contributed by atoms with Gasteiger partial charge in [0.1, 0.15) is 0 Å². The Bertz CT molecular complexity index is 373. The molecule has 2 rings (SSSR count). The standard InChI is InChI=1S/C12H16N2O2/c13-8-11-7-10(1-4-14-11)12(15)9-2-5-16-6-3-9/h1,4,7,9H,2-3,5-6,8,13H2. The Morgan fingerprint density at radius 2 is 2.25 bits per heavy atom. The third-order valence-corrected chi connectivity index (χ3v) is 2.90. The van der Waals surface area contributed by atoms with Crippen molar-refractivity contribution in [1.29, 1.82) is 0 Å². The highest BCUT2D eigenvalue weighted by atomic mass is 16.5. The van der Waals surface area contributed by atoms with Gasteiger partial charge in [-0.15, -0.1) is 0 Å². The number of carbonyl (C=O) groups excluding carboxylic acids is 1. The molecule has 0 bridgehead atoms. The molecular weight excluding hydrogens is 204 g/mol. The fourth-order valence-electron chi connectivity index (χ4n) is 1.94. The molecule has 0 saturated carbocycles. The van der Waals surface area contributed by atoms with E-state index >= 15 is 0 Å². The van der Waals surface area contributed by atoms with Crippen LogP contribution in [0.1, 0.15) is 28.9 Å². The molecule has 1 aliphatic rings. The third-order valence-electron chi connectivity index (χ3n) is 2.90. The number of Topliss-reactive ketones (excluding diaryl/α,β-unsaturated/α-hetero) is 1. The highest BCUT2D eigenvalue weighted by Gasteiger charge is 2.22. The quantitative estimate of drug-likeness (QED) is 0.776. The Balaban J connectivity index is 2.12. The van der Waals surface area contributed by atoms with Crippen LogP contribution in [-0.2, 0) is 11.3 Å². The number of hydrogen-bond donors (Lipinski definition) is 1. The SMILES string of the molecule is NCc1cc(C(=O)C2CCOCC2)ccn1. The lowest BCUT2D eigenvalue weighted by Gasteiger charge is -2.20. The van der Waals surface area contributed by atoms with E-state index in [4.69, 9.17) is 10.5 Å². The van der Waals surface area contributed by atoms with E-state index in [0.29, 0.717) is 19.8 Å². The van der Waals surface area contributed by atoms with Crippen molar-refractivity contribution in [1.82, 2.24) is 4.98 Å². The number of rotatable bonds is 3. The van der Waals surface area contributed by atoms with Crippen molar-refractivity contribution in [3.05, 3.63) is 29.6 Å². The summed E-state index contributed by atoms with van der Waals surface area (Å²) in [6, 6.07) is 3.55. The van der Waals surface area contributed by atoms with E-state index in [2.05, 4.69) is 4.98 Å². The Kier molecular flexibility index (Phi) is 3.64. The van der Waals surface area contributed by atoms with Crippen molar-refractivity contribution in [3.63, 3.8) is 0 Å². The van der Waals surface area contributed by atoms with E-state index in [1.54, 1.807) is 18.3 Å². The highest BCUT2D eigenvalue weighted by Crippen LogP contribution is 2.20. The van der Waals surface area contributed by atoms with Crippen LogP contribution in [0, 0.1) is 5.92 Å². The van der Waals surface area contributed by atoms with E-state index in [-0.39, 0.29) is 11.7 Å². The summed E-state index contributed by atoms with van der Waals surface area (Å²) in [4.78, 5) is 16.2. The van der Waals surface area contributed by atoms with Gasteiger partial charge in [-0.1, -0.05) is 0 Å². The van der Waals surface area contributed by atoms with Gasteiger partial charge in [0.25, 0.3) is 0 Å². The van der Waals surface area contributed by atoms with Crippen molar-refractivity contribution >= 4 is 5.78 Å². The molecule has 1 fully saturated rings. The number of pyridine rings is 1. The van der Waals surface area contributed by atoms with E-state index in [1.807, 2.05) is 0 Å². The van der Waals surface area contributed by atoms with Gasteiger partial charge in [0.2, 0.25) is 0 Å². The van der Waals surface area contributed by atoms with Crippen LogP contribution < -0.4 is 5.73 Å². The van der Waals surface area contributed by atoms with Gasteiger partial charge < -0.3 is 10.5 Å². The number of ether oxygens (including phenoxy) is 1. The summed E-state index contributed by atoms with van der Waals surface area (Å²) in [5.41, 5.74) is 6.99. The maximum atomic E-state index is 12.1. The van der Waals surface area contributed by atoms with Crippen molar-refractivity contribution in [2.75, 3.05) is 13.2 Å². The predicted molar refractivity (Wildman–Crippen MR) is 60.0 cm³/mol. The van der Waals surface area contributed by atoms with Crippen LogP contribution in [0.15, 0.2) is 18.3 Å². The Labute approximate surface area is 94.8 Å². The molecule has 4 nitrogen and oxygen atoms in total. The van der Waals surface area contributed by atoms with E-state index in [0.717, 1.165) is 24.1 Å². The minimum Gasteiger partial charge on any atom is -0.381 e. The van der Waals surface area contributed by atoms with Gasteiger partial charge in [-0.3, -0.25) is 9.78 Å². The number of nitrogens with two attached hydrogens (primary N) is 1. The van der Waals surface area contributed by atoms with Crippen LogP contribution in [0.3, 0.4) is 0 Å². The van der Waals surface area contributed by atoms with Crippen LogP contribution in [0.5, 0.6) is 0 Å². The minimum absolute atomic E-state index is 0.0989. The summed E-state index contributed by atoms with van der Waals surface area (Å²) < 4.78 is 5.25. The first-order valence-electron chi connectivity index (χ1n) is 5.58. The van der Waals surface area contributed by atoms with Gasteiger partial charge >= 0.3 is 0 Å². The van der Waals surface area contributed by atoms with Crippen molar-refractivity contribution < 1.29 is 9.53 Å². The molecule has 1 aromatic heterocycles. The summed E-state index contributed by atoms with van der Waals surface area (Å²) in [5.74, 6) is 0.294. The second-order valence-electron chi connectivity index (χ2n) is 3.99. The van der Waals surface area contributed by atoms with Crippen LogP contribution in [0.2, 0.25) is 0 Å². The molecule has 1 aliphatic heterocycles. The highest BCUT2D eigenvalue weighted by molar-refractivity contribution is 5.97. The zero-order valence-corrected chi connectivity index (χ0v) is 9.19. The summed E-state index contributed by atoms with van der Waals surface area (Å²) >= 11 is 0. The number of aromatic nitrogens is 1. The van der Waals surface area contributed by atoms with Crippen LogP contribution in [0.25, 0.3) is 0 Å². The molecule has 1 aromatic rings. The molecule has 86 valence electrons. The average molecular weight is 220 g/mol. The molecule has 0 atom stereocenters.